The molecular weight excluding hydrogens is 228 g/mol. The van der Waals surface area contributed by atoms with Gasteiger partial charge >= 0.3 is 5.97 Å². The Morgan fingerprint density at radius 2 is 2.22 bits per heavy atom. The van der Waals surface area contributed by atoms with Crippen molar-refractivity contribution < 1.29 is 9.53 Å². The van der Waals surface area contributed by atoms with E-state index in [0.717, 1.165) is 17.9 Å². The van der Waals surface area contributed by atoms with E-state index in [4.69, 9.17) is 4.74 Å². The second kappa shape index (κ2) is 4.88. The minimum Gasteiger partial charge on any atom is -0.465 e. The normalized spacial score (nSPS) is 18.3. The van der Waals surface area contributed by atoms with Crippen LogP contribution in [0.5, 0.6) is 0 Å². The van der Waals surface area contributed by atoms with Crippen molar-refractivity contribution in [1.29, 1.82) is 0 Å². The zero-order valence-corrected chi connectivity index (χ0v) is 11.4. The molecular formula is C14H20N2O2. The van der Waals surface area contributed by atoms with E-state index in [-0.39, 0.29) is 5.97 Å². The number of benzene rings is 1. The zero-order chi connectivity index (χ0) is 13.3. The van der Waals surface area contributed by atoms with Crippen LogP contribution in [0.1, 0.15) is 31.1 Å². The third kappa shape index (κ3) is 2.03. The topological polar surface area (TPSA) is 41.6 Å². The van der Waals surface area contributed by atoms with Crippen LogP contribution >= 0.6 is 0 Å². The monoisotopic (exact) mass is 248 g/mol. The number of anilines is 2. The van der Waals surface area contributed by atoms with Gasteiger partial charge in [-0.3, -0.25) is 0 Å². The molecule has 1 aliphatic heterocycles. The minimum absolute atomic E-state index is 0.294. The molecule has 1 N–H and O–H groups in total. The summed E-state index contributed by atoms with van der Waals surface area (Å²) in [5.74, 6) is -0.294. The number of nitrogens with one attached hydrogen (secondary N) is 1. The Morgan fingerprint density at radius 3 is 2.83 bits per heavy atom. The van der Waals surface area contributed by atoms with Gasteiger partial charge in [0.15, 0.2) is 0 Å². The number of hydrogen-bond acceptors (Lipinski definition) is 4. The number of hydrogen-bond donors (Lipinski definition) is 1. The molecule has 1 atom stereocenters. The first-order valence-electron chi connectivity index (χ1n) is 6.29. The number of methoxy groups -OCH3 is 1. The first kappa shape index (κ1) is 12.7. The predicted molar refractivity (Wildman–Crippen MR) is 73.3 cm³/mol. The van der Waals surface area contributed by atoms with Gasteiger partial charge in [-0.25, -0.2) is 4.79 Å². The number of rotatable bonds is 2. The number of carbonyl (C=O) groups excluding carboxylic acids is 1. The van der Waals surface area contributed by atoms with Crippen molar-refractivity contribution in [3.05, 3.63) is 23.8 Å². The highest BCUT2D eigenvalue weighted by atomic mass is 16.5. The second-order valence-corrected chi connectivity index (χ2v) is 4.92. The third-order valence-corrected chi connectivity index (χ3v) is 3.33. The standard InChI is InChI=1S/C14H20N2O2/c1-9(2)16-10(3)8-15-13-11(14(17)18-4)6-5-7-12(13)16/h5-7,9-10,15H,8H2,1-4H3. The molecule has 0 amide bonds. The van der Waals surface area contributed by atoms with Crippen molar-refractivity contribution in [2.24, 2.45) is 0 Å². The van der Waals surface area contributed by atoms with Gasteiger partial charge in [0.25, 0.3) is 0 Å². The lowest BCUT2D eigenvalue weighted by Gasteiger charge is -2.41. The number of para-hydroxylation sites is 1. The summed E-state index contributed by atoms with van der Waals surface area (Å²) >= 11 is 0. The van der Waals surface area contributed by atoms with Gasteiger partial charge in [-0.2, -0.15) is 0 Å². The smallest absolute Gasteiger partial charge is 0.340 e. The van der Waals surface area contributed by atoms with E-state index in [1.165, 1.54) is 7.11 Å². The van der Waals surface area contributed by atoms with Crippen LogP contribution in [0.3, 0.4) is 0 Å². The Morgan fingerprint density at radius 1 is 1.50 bits per heavy atom. The molecule has 0 fully saturated rings. The average Bonchev–Trinajstić information content (AvgIpc) is 2.36. The SMILES string of the molecule is COC(=O)c1cccc2c1NCC(C)N2C(C)C. The predicted octanol–water partition coefficient (Wildman–Crippen LogP) is 2.50. The largest absolute Gasteiger partial charge is 0.465 e. The Bertz CT molecular complexity index is 457. The molecule has 1 unspecified atom stereocenters. The van der Waals surface area contributed by atoms with Crippen molar-refractivity contribution in [1.82, 2.24) is 0 Å². The van der Waals surface area contributed by atoms with E-state index in [2.05, 4.69) is 31.0 Å². The highest BCUT2D eigenvalue weighted by molar-refractivity contribution is 5.99. The van der Waals surface area contributed by atoms with Crippen LogP contribution in [-0.2, 0) is 4.74 Å². The van der Waals surface area contributed by atoms with E-state index >= 15 is 0 Å². The summed E-state index contributed by atoms with van der Waals surface area (Å²) < 4.78 is 4.83. The second-order valence-electron chi connectivity index (χ2n) is 4.92. The molecule has 0 spiro atoms. The van der Waals surface area contributed by atoms with E-state index < -0.39 is 0 Å². The summed E-state index contributed by atoms with van der Waals surface area (Å²) in [4.78, 5) is 14.1. The molecule has 4 nitrogen and oxygen atoms in total. The van der Waals surface area contributed by atoms with Gasteiger partial charge in [-0.15, -0.1) is 0 Å². The fourth-order valence-electron chi connectivity index (χ4n) is 2.59. The maximum atomic E-state index is 11.8. The van der Waals surface area contributed by atoms with Crippen molar-refractivity contribution in [2.45, 2.75) is 32.9 Å². The van der Waals surface area contributed by atoms with Gasteiger partial charge in [0, 0.05) is 18.6 Å². The molecule has 0 saturated heterocycles. The van der Waals surface area contributed by atoms with E-state index in [0.29, 0.717) is 17.6 Å². The molecule has 0 aliphatic carbocycles. The molecule has 0 saturated carbocycles. The molecule has 1 aliphatic rings. The molecule has 4 heteroatoms. The molecule has 1 aromatic rings. The van der Waals surface area contributed by atoms with Crippen LogP contribution in [0, 0.1) is 0 Å². The highest BCUT2D eigenvalue weighted by Gasteiger charge is 2.28. The summed E-state index contributed by atoms with van der Waals surface area (Å²) in [6.45, 7) is 7.34. The number of ether oxygens (including phenoxy) is 1. The van der Waals surface area contributed by atoms with Crippen LogP contribution < -0.4 is 10.2 Å². The Labute approximate surface area is 108 Å². The zero-order valence-electron chi connectivity index (χ0n) is 11.4. The van der Waals surface area contributed by atoms with Crippen molar-refractivity contribution >= 4 is 17.3 Å². The van der Waals surface area contributed by atoms with Crippen LogP contribution in [0.25, 0.3) is 0 Å². The summed E-state index contributed by atoms with van der Waals surface area (Å²) in [6.07, 6.45) is 0. The minimum atomic E-state index is -0.294. The first-order valence-corrected chi connectivity index (χ1v) is 6.29. The van der Waals surface area contributed by atoms with Crippen LogP contribution in [-0.4, -0.2) is 31.7 Å². The molecule has 0 radical (unpaired) electrons. The average molecular weight is 248 g/mol. The van der Waals surface area contributed by atoms with Crippen LogP contribution in [0.2, 0.25) is 0 Å². The fourth-order valence-corrected chi connectivity index (χ4v) is 2.59. The summed E-state index contributed by atoms with van der Waals surface area (Å²) in [5.41, 5.74) is 2.57. The number of nitrogens with zero attached hydrogens (tertiary/aromatic N) is 1. The molecule has 1 aromatic carbocycles. The van der Waals surface area contributed by atoms with E-state index in [1.54, 1.807) is 6.07 Å². The summed E-state index contributed by atoms with van der Waals surface area (Å²) in [5, 5.41) is 3.34. The molecule has 2 rings (SSSR count). The molecule has 98 valence electrons. The summed E-state index contributed by atoms with van der Waals surface area (Å²) in [6, 6.07) is 6.55. The Hall–Kier alpha value is -1.71. The van der Waals surface area contributed by atoms with Crippen molar-refractivity contribution in [2.75, 3.05) is 23.9 Å². The van der Waals surface area contributed by atoms with Gasteiger partial charge in [0.05, 0.1) is 24.0 Å². The number of esters is 1. The number of fused-ring (bicyclic) bond motifs is 1. The van der Waals surface area contributed by atoms with Gasteiger partial charge in [-0.1, -0.05) is 6.07 Å². The summed E-state index contributed by atoms with van der Waals surface area (Å²) in [7, 11) is 1.41. The molecule has 1 heterocycles. The lowest BCUT2D eigenvalue weighted by atomic mass is 10.0. The van der Waals surface area contributed by atoms with E-state index in [9.17, 15) is 4.79 Å². The van der Waals surface area contributed by atoms with Crippen LogP contribution in [0.15, 0.2) is 18.2 Å². The van der Waals surface area contributed by atoms with Gasteiger partial charge in [-0.05, 0) is 32.9 Å². The van der Waals surface area contributed by atoms with Crippen molar-refractivity contribution in [3.63, 3.8) is 0 Å². The van der Waals surface area contributed by atoms with Crippen molar-refractivity contribution in [3.8, 4) is 0 Å². The quantitative estimate of drug-likeness (QED) is 0.816. The number of carbonyl (C=O) groups is 1. The molecule has 18 heavy (non-hydrogen) atoms. The van der Waals surface area contributed by atoms with Gasteiger partial charge in [0.1, 0.15) is 0 Å². The highest BCUT2D eigenvalue weighted by Crippen LogP contribution is 2.35. The maximum absolute atomic E-state index is 11.8. The van der Waals surface area contributed by atoms with Gasteiger partial charge in [0.2, 0.25) is 0 Å². The first-order chi connectivity index (χ1) is 8.56. The lowest BCUT2D eigenvalue weighted by Crippen LogP contribution is -2.46. The van der Waals surface area contributed by atoms with E-state index in [1.807, 2.05) is 12.1 Å². The molecule has 0 aromatic heterocycles. The Kier molecular flexibility index (Phi) is 3.45. The maximum Gasteiger partial charge on any atom is 0.340 e. The Balaban J connectivity index is 2.51. The molecule has 0 bridgehead atoms. The van der Waals surface area contributed by atoms with Gasteiger partial charge < -0.3 is 15.0 Å². The lowest BCUT2D eigenvalue weighted by molar-refractivity contribution is 0.0601. The fraction of sp³-hybridized carbons (Fsp3) is 0.500. The third-order valence-electron chi connectivity index (χ3n) is 3.33. The van der Waals surface area contributed by atoms with Crippen LogP contribution in [0.4, 0.5) is 11.4 Å².